The van der Waals surface area contributed by atoms with Crippen molar-refractivity contribution >= 4 is 56.5 Å². The number of urea groups is 1. The summed E-state index contributed by atoms with van der Waals surface area (Å²) < 4.78 is 0. The molecule has 6 rings (SSSR count). The fourth-order valence-corrected chi connectivity index (χ4v) is 6.35. The molecule has 2 aromatic carbocycles. The molecule has 9 heteroatoms. The van der Waals surface area contributed by atoms with Crippen molar-refractivity contribution in [1.82, 2.24) is 15.2 Å². The number of hydrogen-bond acceptors (Lipinski definition) is 5. The number of hydrogen-bond donors (Lipinski definition) is 2. The average molecular weight is 538 g/mol. The maximum atomic E-state index is 13.5. The van der Waals surface area contributed by atoms with Crippen LogP contribution in [0.15, 0.2) is 73.4 Å². The van der Waals surface area contributed by atoms with E-state index in [2.05, 4.69) is 41.3 Å². The molecule has 2 N–H and O–H groups in total. The molecule has 0 bridgehead atoms. The number of amides is 4. The number of aromatic nitrogens is 1. The minimum Gasteiger partial charge on any atom is -0.347 e. The molecule has 1 unspecified atom stereocenters. The van der Waals surface area contributed by atoms with E-state index in [1.165, 1.54) is 17.4 Å². The molecule has 0 saturated carbocycles. The summed E-state index contributed by atoms with van der Waals surface area (Å²) in [5, 5.41) is 6.76. The Morgan fingerprint density at radius 2 is 1.95 bits per heavy atom. The number of pyridine rings is 1. The number of nitrogens with zero attached hydrogens (tertiary/aromatic N) is 3. The Bertz CT molecular complexity index is 1640. The summed E-state index contributed by atoms with van der Waals surface area (Å²) >= 11 is 1.25. The zero-order chi connectivity index (χ0) is 27.1. The second-order valence-corrected chi connectivity index (χ2v) is 10.8. The third-order valence-electron chi connectivity index (χ3n) is 7.15. The number of nitrogens with one attached hydrogen (secondary N) is 2. The molecule has 1 fully saturated rings. The fourth-order valence-electron chi connectivity index (χ4n) is 5.33. The highest BCUT2D eigenvalue weighted by Crippen LogP contribution is 2.46. The minimum absolute atomic E-state index is 0.140. The molecular formula is C30H27N5O3S. The van der Waals surface area contributed by atoms with Crippen molar-refractivity contribution in [3.05, 3.63) is 83.9 Å². The molecule has 2 aliphatic rings. The van der Waals surface area contributed by atoms with Crippen molar-refractivity contribution in [1.29, 1.82) is 0 Å². The molecule has 2 aliphatic heterocycles. The van der Waals surface area contributed by atoms with Gasteiger partial charge in [0.2, 0.25) is 5.91 Å². The van der Waals surface area contributed by atoms with Gasteiger partial charge in [0.05, 0.1) is 22.4 Å². The number of carbonyl (C=O) groups excluding carboxylic acids is 3. The first-order valence-electron chi connectivity index (χ1n) is 12.8. The second-order valence-electron chi connectivity index (χ2n) is 9.80. The smallest absolute Gasteiger partial charge is 0.331 e. The van der Waals surface area contributed by atoms with Crippen LogP contribution in [-0.4, -0.2) is 46.9 Å². The molecule has 39 heavy (non-hydrogen) atoms. The quantitative estimate of drug-likeness (QED) is 0.312. The molecule has 1 saturated heterocycles. The predicted octanol–water partition coefficient (Wildman–Crippen LogP) is 5.86. The monoisotopic (exact) mass is 537 g/mol. The van der Waals surface area contributed by atoms with Crippen LogP contribution in [0.5, 0.6) is 0 Å². The van der Waals surface area contributed by atoms with E-state index in [-0.39, 0.29) is 23.9 Å². The molecule has 196 valence electrons. The van der Waals surface area contributed by atoms with Crippen LogP contribution in [0.2, 0.25) is 0 Å². The first-order valence-corrected chi connectivity index (χ1v) is 13.7. The number of rotatable bonds is 5. The summed E-state index contributed by atoms with van der Waals surface area (Å²) in [5.41, 5.74) is 5.10. The van der Waals surface area contributed by atoms with E-state index in [1.54, 1.807) is 22.1 Å². The van der Waals surface area contributed by atoms with Crippen LogP contribution in [0, 0.1) is 6.92 Å². The van der Waals surface area contributed by atoms with Gasteiger partial charge in [0.1, 0.15) is 9.71 Å². The van der Waals surface area contributed by atoms with Gasteiger partial charge in [-0.2, -0.15) is 0 Å². The predicted molar refractivity (Wildman–Crippen MR) is 155 cm³/mol. The van der Waals surface area contributed by atoms with Crippen LogP contribution in [-0.2, 0) is 4.79 Å². The Labute approximate surface area is 230 Å². The number of thiophene rings is 1. The Balaban J connectivity index is 1.33. The van der Waals surface area contributed by atoms with Crippen molar-refractivity contribution in [2.24, 2.45) is 0 Å². The summed E-state index contributed by atoms with van der Waals surface area (Å²) in [5.74, 6) is -0.425. The average Bonchev–Trinajstić information content (AvgIpc) is 3.32. The van der Waals surface area contributed by atoms with Gasteiger partial charge in [-0.25, -0.2) is 9.78 Å². The standard InChI is InChI=1S/C30H27N5O3S/c1-3-24(36)34-14-6-10-21(17-34)32-28(37)27-26-25-23(12-13-31-29(25)39-27)35(30(38)33-26)22-11-5-9-20(16-22)19-8-4-7-18(2)15-19/h3-5,7-9,11-13,15-16,21H,1,6,10,14,17H2,2H3,(H,32,37)(H,33,38). The van der Waals surface area contributed by atoms with Crippen LogP contribution in [0.3, 0.4) is 0 Å². The molecule has 0 spiro atoms. The number of likely N-dealkylation sites (tertiary alicyclic amines) is 1. The Hall–Kier alpha value is -4.50. The second kappa shape index (κ2) is 9.99. The van der Waals surface area contributed by atoms with Gasteiger partial charge < -0.3 is 15.5 Å². The van der Waals surface area contributed by atoms with E-state index in [0.717, 1.165) is 40.6 Å². The summed E-state index contributed by atoms with van der Waals surface area (Å²) in [6.45, 7) is 6.69. The highest BCUT2D eigenvalue weighted by atomic mass is 32.1. The molecule has 4 amide bonds. The van der Waals surface area contributed by atoms with E-state index in [1.807, 2.05) is 36.4 Å². The SMILES string of the molecule is C=CC(=O)N1CCCC(NC(=O)c2sc3nccc4c3c2NC(=O)N4c2cccc(-c3cccc(C)c3)c2)C1. The summed E-state index contributed by atoms with van der Waals surface area (Å²) in [6, 6.07) is 17.4. The van der Waals surface area contributed by atoms with Crippen molar-refractivity contribution in [3.8, 4) is 11.1 Å². The molecule has 8 nitrogen and oxygen atoms in total. The molecule has 2 aromatic heterocycles. The van der Waals surface area contributed by atoms with Crippen LogP contribution < -0.4 is 15.5 Å². The van der Waals surface area contributed by atoms with E-state index in [0.29, 0.717) is 34.2 Å². The van der Waals surface area contributed by atoms with Crippen LogP contribution in [0.25, 0.3) is 21.3 Å². The van der Waals surface area contributed by atoms with Gasteiger partial charge in [0.15, 0.2) is 0 Å². The molecule has 1 atom stereocenters. The van der Waals surface area contributed by atoms with Crippen molar-refractivity contribution in [2.75, 3.05) is 23.3 Å². The van der Waals surface area contributed by atoms with Crippen molar-refractivity contribution < 1.29 is 14.4 Å². The van der Waals surface area contributed by atoms with E-state index in [4.69, 9.17) is 0 Å². The Kier molecular flexibility index (Phi) is 6.36. The molecule has 4 aromatic rings. The number of piperidine rings is 1. The number of aryl methyl sites for hydroxylation is 1. The summed E-state index contributed by atoms with van der Waals surface area (Å²) in [7, 11) is 0. The van der Waals surface area contributed by atoms with Gasteiger partial charge in [-0.3, -0.25) is 14.5 Å². The summed E-state index contributed by atoms with van der Waals surface area (Å²) in [4.78, 5) is 47.9. The minimum atomic E-state index is -0.343. The van der Waals surface area contributed by atoms with Crippen LogP contribution in [0.4, 0.5) is 21.9 Å². The lowest BCUT2D eigenvalue weighted by Gasteiger charge is -2.32. The van der Waals surface area contributed by atoms with E-state index < -0.39 is 0 Å². The van der Waals surface area contributed by atoms with E-state index in [9.17, 15) is 14.4 Å². The third-order valence-corrected chi connectivity index (χ3v) is 8.25. The van der Waals surface area contributed by atoms with Crippen LogP contribution >= 0.6 is 11.3 Å². The van der Waals surface area contributed by atoms with Gasteiger partial charge >= 0.3 is 6.03 Å². The first kappa shape index (κ1) is 24.8. The van der Waals surface area contributed by atoms with Gasteiger partial charge in [-0.05, 0) is 55.2 Å². The first-order chi connectivity index (χ1) is 18.9. The lowest BCUT2D eigenvalue weighted by molar-refractivity contribution is -0.127. The molecule has 4 heterocycles. The normalized spacial score (nSPS) is 16.6. The summed E-state index contributed by atoms with van der Waals surface area (Å²) in [6.07, 6.45) is 4.53. The molecule has 0 radical (unpaired) electrons. The van der Waals surface area contributed by atoms with Gasteiger partial charge in [0, 0.05) is 25.3 Å². The lowest BCUT2D eigenvalue weighted by atomic mass is 10.0. The highest BCUT2D eigenvalue weighted by molar-refractivity contribution is 7.21. The third kappa shape index (κ3) is 4.55. The topological polar surface area (TPSA) is 94.6 Å². The highest BCUT2D eigenvalue weighted by Gasteiger charge is 2.34. The maximum Gasteiger partial charge on any atom is 0.331 e. The van der Waals surface area contributed by atoms with Crippen molar-refractivity contribution in [2.45, 2.75) is 25.8 Å². The zero-order valence-electron chi connectivity index (χ0n) is 21.4. The van der Waals surface area contributed by atoms with Crippen LogP contribution in [0.1, 0.15) is 28.1 Å². The lowest BCUT2D eigenvalue weighted by Crippen LogP contribution is -2.49. The number of carbonyl (C=O) groups is 3. The van der Waals surface area contributed by atoms with Crippen molar-refractivity contribution in [3.63, 3.8) is 0 Å². The Morgan fingerprint density at radius 3 is 2.74 bits per heavy atom. The van der Waals surface area contributed by atoms with Gasteiger partial charge in [-0.15, -0.1) is 11.3 Å². The van der Waals surface area contributed by atoms with E-state index >= 15 is 0 Å². The fraction of sp³-hybridized carbons (Fsp3) is 0.200. The number of benzene rings is 2. The molecule has 0 aliphatic carbocycles. The largest absolute Gasteiger partial charge is 0.347 e. The van der Waals surface area contributed by atoms with Gasteiger partial charge in [-0.1, -0.05) is 48.5 Å². The van der Waals surface area contributed by atoms with Gasteiger partial charge in [0.25, 0.3) is 5.91 Å². The number of anilines is 3. The Morgan fingerprint density at radius 1 is 1.15 bits per heavy atom. The zero-order valence-corrected chi connectivity index (χ0v) is 22.3. The maximum absolute atomic E-state index is 13.5. The molecular weight excluding hydrogens is 510 g/mol.